The molecular weight excluding hydrogens is 842 g/mol. The van der Waals surface area contributed by atoms with Gasteiger partial charge in [0, 0.05) is 25.1 Å². The van der Waals surface area contributed by atoms with Gasteiger partial charge in [0.05, 0.1) is 56.4 Å². The molecule has 4 N–H and O–H groups in total. The topological polar surface area (TPSA) is 202 Å². The summed E-state index contributed by atoms with van der Waals surface area (Å²) in [6, 6.07) is 19.6. The second-order valence-corrected chi connectivity index (χ2v) is 19.9. The number of ketones is 1. The van der Waals surface area contributed by atoms with Gasteiger partial charge in [-0.1, -0.05) is 57.2 Å². The van der Waals surface area contributed by atoms with Gasteiger partial charge in [-0.25, -0.2) is 17.8 Å². The number of quaternary nitrogens is 1. The van der Waals surface area contributed by atoms with E-state index in [1.807, 2.05) is 50.4 Å². The number of methoxy groups -OCH3 is 1. The van der Waals surface area contributed by atoms with E-state index in [2.05, 4.69) is 5.32 Å². The zero-order chi connectivity index (χ0) is 44.9. The molecule has 0 aliphatic carbocycles. The second-order valence-electron chi connectivity index (χ2n) is 15.9. The first-order valence-electron chi connectivity index (χ1n) is 21.3. The Morgan fingerprint density at radius 1 is 0.968 bits per heavy atom. The highest BCUT2D eigenvalue weighted by atomic mass is 32.2. The number of nitrogens with two attached hydrogens (primary N) is 1. The van der Waals surface area contributed by atoms with Crippen LogP contribution >= 0.6 is 7.60 Å². The van der Waals surface area contributed by atoms with Crippen LogP contribution in [0.5, 0.6) is 17.2 Å². The van der Waals surface area contributed by atoms with Gasteiger partial charge in [-0.2, -0.15) is 4.31 Å². The lowest BCUT2D eigenvalue weighted by Gasteiger charge is -2.31. The van der Waals surface area contributed by atoms with Crippen LogP contribution in [0.2, 0.25) is 0 Å². The number of hydrogen-bond acceptors (Lipinski definition) is 13. The Morgan fingerprint density at radius 3 is 2.32 bits per heavy atom. The maximum atomic E-state index is 14.1. The van der Waals surface area contributed by atoms with Gasteiger partial charge < -0.3 is 43.9 Å². The van der Waals surface area contributed by atoms with Crippen molar-refractivity contribution in [1.82, 2.24) is 9.62 Å². The molecule has 0 aromatic heterocycles. The molecule has 0 spiro atoms. The third-order valence-corrected chi connectivity index (χ3v) is 14.4. The van der Waals surface area contributed by atoms with E-state index < -0.39 is 54.4 Å². The fourth-order valence-electron chi connectivity index (χ4n) is 7.31. The first-order chi connectivity index (χ1) is 29.6. The second kappa shape index (κ2) is 23.0. The van der Waals surface area contributed by atoms with Crippen molar-refractivity contribution < 1.29 is 65.7 Å². The van der Waals surface area contributed by atoms with Crippen molar-refractivity contribution in [1.29, 1.82) is 0 Å². The number of carbonyl (C=O) groups excluding carboxylic acids is 2. The highest BCUT2D eigenvalue weighted by Crippen LogP contribution is 2.51. The average molecular weight is 905 g/mol. The van der Waals surface area contributed by atoms with Gasteiger partial charge >= 0.3 is 13.7 Å². The SMILES string of the molecule is CCOc1ccccc1OP(=O)(CC[NH2+]Cc1ccc(C[C@H](NC(=O)OC2CO[C@H]3OCC[C@@H]23)[C@H](O)CN(CC(C)C)S(=O)(=O)c2ccc(OC)cc2)cc1)O[C@@H](C)C(=O)CC. The van der Waals surface area contributed by atoms with E-state index in [1.165, 1.54) is 23.5 Å². The molecule has 7 atom stereocenters. The Hall–Kier alpha value is -4.06. The van der Waals surface area contributed by atoms with Gasteiger partial charge in [-0.15, -0.1) is 0 Å². The number of nitrogens with one attached hydrogen (secondary N) is 1. The quantitative estimate of drug-likeness (QED) is 0.0765. The minimum atomic E-state index is -4.05. The van der Waals surface area contributed by atoms with Gasteiger partial charge in [0.15, 0.2) is 23.6 Å². The molecule has 3 aromatic rings. The van der Waals surface area contributed by atoms with Gasteiger partial charge in [-0.3, -0.25) is 9.32 Å². The summed E-state index contributed by atoms with van der Waals surface area (Å²) in [7, 11) is -6.36. The van der Waals surface area contributed by atoms with Crippen molar-refractivity contribution in [2.75, 3.05) is 52.7 Å². The summed E-state index contributed by atoms with van der Waals surface area (Å²) >= 11 is 0. The Balaban J connectivity index is 1.27. The number of hydrogen-bond donors (Lipinski definition) is 3. The lowest BCUT2D eigenvalue weighted by molar-refractivity contribution is -0.667. The predicted molar refractivity (Wildman–Crippen MR) is 231 cm³/mol. The Labute approximate surface area is 365 Å². The number of fused-ring (bicyclic) bond motifs is 1. The standard InChI is InChI=1S/C44H62N3O13PS/c1-7-38(48)31(5)59-61(51,60-41-12-10-9-11-40(41)55-8-2)24-22-45-26-33-15-13-32(14-16-33)25-37(46-44(50)58-42-29-57-43-36(42)21-23-56-43)39(49)28-47(27-30(3)4)62(52,53)35-19-17-34(54-6)18-20-35/h9-20,30-31,36-37,39,42-43,45,49H,7-8,21-29H2,1-6H3,(H,46,50)/p+1/t31-,36-,37-,39+,42?,43+,61?/m0/s1. The van der Waals surface area contributed by atoms with Crippen molar-refractivity contribution in [3.8, 4) is 17.2 Å². The molecule has 5 rings (SSSR count). The van der Waals surface area contributed by atoms with Crippen molar-refractivity contribution >= 4 is 29.5 Å². The summed E-state index contributed by atoms with van der Waals surface area (Å²) < 4.78 is 82.9. The largest absolute Gasteiger partial charge is 0.497 e. The van der Waals surface area contributed by atoms with Gasteiger partial charge in [-0.05, 0) is 74.6 Å². The Bertz CT molecular complexity index is 2050. The number of aliphatic hydroxyl groups is 1. The molecule has 1 amide bonds. The van der Waals surface area contributed by atoms with Crippen LogP contribution in [0.4, 0.5) is 4.79 Å². The maximum absolute atomic E-state index is 14.1. The zero-order valence-electron chi connectivity index (χ0n) is 36.5. The molecular formula is C44H63N3O13PS+. The van der Waals surface area contributed by atoms with Crippen LogP contribution < -0.4 is 24.6 Å². The van der Waals surface area contributed by atoms with Crippen LogP contribution in [0.3, 0.4) is 0 Å². The molecule has 0 radical (unpaired) electrons. The van der Waals surface area contributed by atoms with E-state index in [9.17, 15) is 27.7 Å². The summed E-state index contributed by atoms with van der Waals surface area (Å²) in [6.07, 6.45) is -2.85. The molecule has 18 heteroatoms. The molecule has 2 unspecified atom stereocenters. The van der Waals surface area contributed by atoms with Crippen LogP contribution in [-0.4, -0.2) is 113 Å². The van der Waals surface area contributed by atoms with Gasteiger partial charge in [0.25, 0.3) is 0 Å². The molecule has 2 aliphatic heterocycles. The van der Waals surface area contributed by atoms with E-state index in [0.717, 1.165) is 11.1 Å². The molecule has 62 heavy (non-hydrogen) atoms. The number of para-hydroxylation sites is 2. The normalized spacial score (nSPS) is 19.9. The van der Waals surface area contributed by atoms with E-state index in [1.54, 1.807) is 50.2 Å². The van der Waals surface area contributed by atoms with Crippen molar-refractivity contribution in [2.45, 2.75) is 96.0 Å². The first kappa shape index (κ1) is 49.0. The Morgan fingerprint density at radius 2 is 1.66 bits per heavy atom. The predicted octanol–water partition coefficient (Wildman–Crippen LogP) is 4.92. The fourth-order valence-corrected chi connectivity index (χ4v) is 10.7. The molecule has 0 bridgehead atoms. The van der Waals surface area contributed by atoms with Gasteiger partial charge in [0.2, 0.25) is 10.0 Å². The average Bonchev–Trinajstić information content (AvgIpc) is 3.88. The maximum Gasteiger partial charge on any atom is 0.407 e. The first-order valence-corrected chi connectivity index (χ1v) is 24.4. The summed E-state index contributed by atoms with van der Waals surface area (Å²) in [6.45, 7) is 10.7. The number of aliphatic hydroxyl groups excluding tert-OH is 1. The number of ether oxygens (including phenoxy) is 5. The molecule has 0 saturated carbocycles. The van der Waals surface area contributed by atoms with Crippen LogP contribution in [0.1, 0.15) is 58.6 Å². The summed E-state index contributed by atoms with van der Waals surface area (Å²) in [5, 5.41) is 16.6. The molecule has 2 fully saturated rings. The molecule has 2 heterocycles. The molecule has 342 valence electrons. The van der Waals surface area contributed by atoms with Crippen LogP contribution in [0.25, 0.3) is 0 Å². The number of carbonyl (C=O) groups is 2. The summed E-state index contributed by atoms with van der Waals surface area (Å²) in [5.74, 6) is 0.842. The van der Waals surface area contributed by atoms with Crippen molar-refractivity contribution in [2.24, 2.45) is 11.8 Å². The number of rotatable bonds is 25. The number of alkyl carbamates (subject to hydrolysis) is 1. The number of Topliss-reactive ketones (excluding diaryl/α,β-unsaturated/α-hetero) is 1. The highest BCUT2D eigenvalue weighted by molar-refractivity contribution is 7.89. The number of sulfonamides is 1. The summed E-state index contributed by atoms with van der Waals surface area (Å²) in [5.41, 5.74) is 1.71. The third kappa shape index (κ3) is 13.7. The minimum absolute atomic E-state index is 0.0254. The van der Waals surface area contributed by atoms with E-state index in [-0.39, 0.29) is 67.0 Å². The fraction of sp³-hybridized carbons (Fsp3) is 0.545. The van der Waals surface area contributed by atoms with Crippen molar-refractivity contribution in [3.63, 3.8) is 0 Å². The number of benzene rings is 3. The van der Waals surface area contributed by atoms with E-state index in [0.29, 0.717) is 44.2 Å². The molecule has 2 aliphatic rings. The Kier molecular flexibility index (Phi) is 18.2. The molecule has 16 nitrogen and oxygen atoms in total. The lowest BCUT2D eigenvalue weighted by atomic mass is 10.00. The highest BCUT2D eigenvalue weighted by Gasteiger charge is 2.44. The van der Waals surface area contributed by atoms with E-state index >= 15 is 0 Å². The zero-order valence-corrected chi connectivity index (χ0v) is 38.2. The van der Waals surface area contributed by atoms with Gasteiger partial charge in [0.1, 0.15) is 30.7 Å². The minimum Gasteiger partial charge on any atom is -0.497 e. The third-order valence-electron chi connectivity index (χ3n) is 10.6. The lowest BCUT2D eigenvalue weighted by Crippen LogP contribution is -2.83. The van der Waals surface area contributed by atoms with Crippen molar-refractivity contribution in [3.05, 3.63) is 83.9 Å². The monoisotopic (exact) mass is 904 g/mol. The number of nitrogens with zero attached hydrogens (tertiary/aromatic N) is 1. The van der Waals surface area contributed by atoms with E-state index in [4.69, 9.17) is 32.7 Å². The van der Waals surface area contributed by atoms with Crippen LogP contribution in [0.15, 0.2) is 77.7 Å². The van der Waals surface area contributed by atoms with Crippen LogP contribution in [-0.2, 0) is 51.1 Å². The number of amides is 1. The smallest absolute Gasteiger partial charge is 0.407 e. The molecule has 3 aromatic carbocycles. The summed E-state index contributed by atoms with van der Waals surface area (Å²) in [4.78, 5) is 25.9. The molecule has 2 saturated heterocycles. The van der Waals surface area contributed by atoms with Crippen LogP contribution in [0, 0.1) is 11.8 Å².